The molecular formula is C11H13ClO2S. The Balaban J connectivity index is 2.40. The minimum atomic E-state index is -0.737. The van der Waals surface area contributed by atoms with Crippen LogP contribution in [0.15, 0.2) is 29.2 Å². The zero-order valence-corrected chi connectivity index (χ0v) is 10.0. The lowest BCUT2D eigenvalue weighted by atomic mass is 10.2. The Morgan fingerprint density at radius 1 is 1.47 bits per heavy atom. The third-order valence-electron chi connectivity index (χ3n) is 1.92. The fourth-order valence-corrected chi connectivity index (χ4v) is 2.25. The molecule has 0 aromatic heterocycles. The predicted octanol–water partition coefficient (Wildman–Crippen LogP) is 3.69. The van der Waals surface area contributed by atoms with Crippen LogP contribution < -0.4 is 0 Å². The monoisotopic (exact) mass is 244 g/mol. The summed E-state index contributed by atoms with van der Waals surface area (Å²) in [6, 6.07) is 7.58. The summed E-state index contributed by atoms with van der Waals surface area (Å²) in [6.45, 7) is 2.03. The van der Waals surface area contributed by atoms with E-state index in [9.17, 15) is 4.79 Å². The second-order valence-electron chi connectivity index (χ2n) is 3.31. The molecule has 1 rings (SSSR count). The molecule has 1 unspecified atom stereocenters. The van der Waals surface area contributed by atoms with Crippen LogP contribution in [-0.2, 0) is 4.79 Å². The molecule has 2 nitrogen and oxygen atoms in total. The second kappa shape index (κ2) is 6.03. The van der Waals surface area contributed by atoms with Gasteiger partial charge in [0.2, 0.25) is 0 Å². The third kappa shape index (κ3) is 5.09. The number of halogens is 1. The number of hydrogen-bond acceptors (Lipinski definition) is 2. The molecule has 0 aliphatic carbocycles. The van der Waals surface area contributed by atoms with Crippen molar-refractivity contribution in [2.45, 2.75) is 29.9 Å². The van der Waals surface area contributed by atoms with Crippen molar-refractivity contribution >= 4 is 29.3 Å². The first-order valence-electron chi connectivity index (χ1n) is 4.72. The number of carboxylic acids is 1. The summed E-state index contributed by atoms with van der Waals surface area (Å²) in [5, 5.41) is 9.57. The molecule has 0 radical (unpaired) electrons. The van der Waals surface area contributed by atoms with E-state index < -0.39 is 5.97 Å². The minimum absolute atomic E-state index is 0.224. The largest absolute Gasteiger partial charge is 0.481 e. The maximum Gasteiger partial charge on any atom is 0.303 e. The summed E-state index contributed by atoms with van der Waals surface area (Å²) in [5.74, 6) is -0.737. The smallest absolute Gasteiger partial charge is 0.303 e. The zero-order chi connectivity index (χ0) is 11.3. The fourth-order valence-electron chi connectivity index (χ4n) is 1.13. The van der Waals surface area contributed by atoms with E-state index in [1.807, 2.05) is 31.2 Å². The second-order valence-corrected chi connectivity index (χ2v) is 5.26. The Bertz CT molecular complexity index is 324. The number of benzene rings is 1. The van der Waals surface area contributed by atoms with Crippen molar-refractivity contribution in [2.75, 3.05) is 0 Å². The van der Waals surface area contributed by atoms with Gasteiger partial charge < -0.3 is 5.11 Å². The van der Waals surface area contributed by atoms with E-state index in [0.717, 1.165) is 9.92 Å². The number of carboxylic acid groups (broad SMARTS) is 1. The maximum absolute atomic E-state index is 10.4. The Labute approximate surface area is 98.6 Å². The lowest BCUT2D eigenvalue weighted by Crippen LogP contribution is -2.01. The summed E-state index contributed by atoms with van der Waals surface area (Å²) in [6.07, 6.45) is 0.907. The van der Waals surface area contributed by atoms with Gasteiger partial charge in [-0.1, -0.05) is 18.5 Å². The quantitative estimate of drug-likeness (QED) is 0.803. The van der Waals surface area contributed by atoms with Crippen molar-refractivity contribution in [3.63, 3.8) is 0 Å². The van der Waals surface area contributed by atoms with Gasteiger partial charge in [-0.05, 0) is 30.7 Å². The highest BCUT2D eigenvalue weighted by Gasteiger charge is 2.06. The van der Waals surface area contributed by atoms with Gasteiger partial charge in [-0.25, -0.2) is 0 Å². The van der Waals surface area contributed by atoms with Crippen molar-refractivity contribution < 1.29 is 9.90 Å². The molecule has 1 N–H and O–H groups in total. The Morgan fingerprint density at radius 2 is 2.07 bits per heavy atom. The standard InChI is InChI=1S/C11H13ClO2S/c1-8(2-7-11(13)14)15-10-5-3-9(12)4-6-10/h3-6,8H,2,7H2,1H3,(H,13,14). The number of aliphatic carboxylic acids is 1. The van der Waals surface area contributed by atoms with Gasteiger partial charge in [0, 0.05) is 21.6 Å². The minimum Gasteiger partial charge on any atom is -0.481 e. The van der Waals surface area contributed by atoms with Crippen LogP contribution in [-0.4, -0.2) is 16.3 Å². The highest BCUT2D eigenvalue weighted by atomic mass is 35.5. The number of carbonyl (C=O) groups is 1. The highest BCUT2D eigenvalue weighted by Crippen LogP contribution is 2.26. The molecule has 0 heterocycles. The summed E-state index contributed by atoms with van der Waals surface area (Å²) in [4.78, 5) is 11.5. The zero-order valence-electron chi connectivity index (χ0n) is 8.44. The maximum atomic E-state index is 10.4. The molecule has 0 fully saturated rings. The topological polar surface area (TPSA) is 37.3 Å². The van der Waals surface area contributed by atoms with Gasteiger partial charge in [-0.2, -0.15) is 0 Å². The fraction of sp³-hybridized carbons (Fsp3) is 0.364. The van der Waals surface area contributed by atoms with Crippen LogP contribution in [0.2, 0.25) is 5.02 Å². The van der Waals surface area contributed by atoms with Crippen LogP contribution in [0.5, 0.6) is 0 Å². The lowest BCUT2D eigenvalue weighted by Gasteiger charge is -2.09. The van der Waals surface area contributed by atoms with E-state index in [1.165, 1.54) is 0 Å². The van der Waals surface area contributed by atoms with Crippen molar-refractivity contribution in [3.8, 4) is 0 Å². The first kappa shape index (κ1) is 12.4. The Kier molecular flexibility index (Phi) is 4.99. The van der Waals surface area contributed by atoms with E-state index in [2.05, 4.69) is 0 Å². The third-order valence-corrected chi connectivity index (χ3v) is 3.35. The molecule has 0 spiro atoms. The number of hydrogen-bond donors (Lipinski definition) is 1. The predicted molar refractivity (Wildman–Crippen MR) is 63.6 cm³/mol. The van der Waals surface area contributed by atoms with E-state index in [1.54, 1.807) is 11.8 Å². The molecule has 1 atom stereocenters. The summed E-state index contributed by atoms with van der Waals surface area (Å²) >= 11 is 7.44. The van der Waals surface area contributed by atoms with Crippen LogP contribution in [0.3, 0.4) is 0 Å². The van der Waals surface area contributed by atoms with Crippen LogP contribution in [0, 0.1) is 0 Å². The van der Waals surface area contributed by atoms with Crippen LogP contribution in [0.4, 0.5) is 0 Å². The average Bonchev–Trinajstić information content (AvgIpc) is 2.19. The number of rotatable bonds is 5. The van der Waals surface area contributed by atoms with Gasteiger partial charge in [0.05, 0.1) is 0 Å². The average molecular weight is 245 g/mol. The van der Waals surface area contributed by atoms with E-state index in [-0.39, 0.29) is 6.42 Å². The van der Waals surface area contributed by atoms with Crippen molar-refractivity contribution in [1.82, 2.24) is 0 Å². The van der Waals surface area contributed by atoms with E-state index >= 15 is 0 Å². The molecule has 4 heteroatoms. The molecule has 82 valence electrons. The molecule has 15 heavy (non-hydrogen) atoms. The van der Waals surface area contributed by atoms with Crippen molar-refractivity contribution in [3.05, 3.63) is 29.3 Å². The molecule has 0 aliphatic rings. The first-order valence-corrected chi connectivity index (χ1v) is 5.97. The van der Waals surface area contributed by atoms with E-state index in [4.69, 9.17) is 16.7 Å². The molecule has 1 aromatic carbocycles. The summed E-state index contributed by atoms with van der Waals surface area (Å²) < 4.78 is 0. The van der Waals surface area contributed by atoms with Gasteiger partial charge >= 0.3 is 5.97 Å². The summed E-state index contributed by atoms with van der Waals surface area (Å²) in [7, 11) is 0. The Morgan fingerprint density at radius 3 is 2.60 bits per heavy atom. The molecule has 0 bridgehead atoms. The lowest BCUT2D eigenvalue weighted by molar-refractivity contribution is -0.137. The van der Waals surface area contributed by atoms with E-state index in [0.29, 0.717) is 11.7 Å². The molecule has 0 aliphatic heterocycles. The molecule has 1 aromatic rings. The van der Waals surface area contributed by atoms with Crippen LogP contribution in [0.25, 0.3) is 0 Å². The van der Waals surface area contributed by atoms with Crippen molar-refractivity contribution in [2.24, 2.45) is 0 Å². The molecule has 0 amide bonds. The SMILES string of the molecule is CC(CCC(=O)O)Sc1ccc(Cl)cc1. The number of thioether (sulfide) groups is 1. The van der Waals surface area contributed by atoms with Gasteiger partial charge in [0.25, 0.3) is 0 Å². The van der Waals surface area contributed by atoms with Crippen molar-refractivity contribution in [1.29, 1.82) is 0 Å². The first-order chi connectivity index (χ1) is 7.08. The molecule has 0 saturated carbocycles. The van der Waals surface area contributed by atoms with Gasteiger partial charge in [0.1, 0.15) is 0 Å². The highest BCUT2D eigenvalue weighted by molar-refractivity contribution is 7.99. The van der Waals surface area contributed by atoms with Gasteiger partial charge in [-0.3, -0.25) is 4.79 Å². The normalized spacial score (nSPS) is 12.4. The van der Waals surface area contributed by atoms with Crippen LogP contribution in [0.1, 0.15) is 19.8 Å². The van der Waals surface area contributed by atoms with Gasteiger partial charge in [-0.15, -0.1) is 11.8 Å². The van der Waals surface area contributed by atoms with Crippen LogP contribution >= 0.6 is 23.4 Å². The van der Waals surface area contributed by atoms with Gasteiger partial charge in [0.15, 0.2) is 0 Å². The molecular weight excluding hydrogens is 232 g/mol. The summed E-state index contributed by atoms with van der Waals surface area (Å²) in [5.41, 5.74) is 0. The molecule has 0 saturated heterocycles. The Hall–Kier alpha value is -0.670.